The van der Waals surface area contributed by atoms with Crippen LogP contribution >= 0.6 is 0 Å². The van der Waals surface area contributed by atoms with Crippen LogP contribution < -0.4 is 10.8 Å². The van der Waals surface area contributed by atoms with Gasteiger partial charge in [-0.3, -0.25) is 4.79 Å². The van der Waals surface area contributed by atoms with Gasteiger partial charge < -0.3 is 20.4 Å². The van der Waals surface area contributed by atoms with E-state index >= 15 is 0 Å². The fourth-order valence-corrected chi connectivity index (χ4v) is 1.72. The Morgan fingerprint density at radius 3 is 2.10 bits per heavy atom. The lowest BCUT2D eigenvalue weighted by atomic mass is 9.96. The van der Waals surface area contributed by atoms with Crippen molar-refractivity contribution in [2.75, 3.05) is 6.61 Å². The summed E-state index contributed by atoms with van der Waals surface area (Å²) in [7, 11) is 0. The SMILES string of the molecule is CCC[C@@H](C)C[C@H]([NH3+])CC(=O)OCC.O=C([O-])C(F)(F)F. The zero-order valence-electron chi connectivity index (χ0n) is 12.7. The predicted molar refractivity (Wildman–Crippen MR) is 67.7 cm³/mol. The molecule has 0 aromatic carbocycles. The second kappa shape index (κ2) is 11.4. The number of alkyl halides is 3. The maximum Gasteiger partial charge on any atom is 0.430 e. The molecular formula is C13H24F3NO4. The molecular weight excluding hydrogens is 291 g/mol. The third-order valence-electron chi connectivity index (χ3n) is 2.51. The number of ether oxygens (including phenoxy) is 1. The molecule has 126 valence electrons. The average molecular weight is 315 g/mol. The maximum atomic E-state index is 11.1. The van der Waals surface area contributed by atoms with Crippen LogP contribution in [0.1, 0.15) is 46.5 Å². The first-order valence-corrected chi connectivity index (χ1v) is 6.81. The summed E-state index contributed by atoms with van der Waals surface area (Å²) in [6.07, 6.45) is -1.29. The highest BCUT2D eigenvalue weighted by Crippen LogP contribution is 2.12. The van der Waals surface area contributed by atoms with Crippen LogP contribution in [0.2, 0.25) is 0 Å². The van der Waals surface area contributed by atoms with Crippen LogP contribution in [-0.4, -0.2) is 30.8 Å². The van der Waals surface area contributed by atoms with Crippen LogP contribution in [0.25, 0.3) is 0 Å². The summed E-state index contributed by atoms with van der Waals surface area (Å²) in [5.74, 6) is -2.46. The van der Waals surface area contributed by atoms with Gasteiger partial charge in [-0.25, -0.2) is 0 Å². The Morgan fingerprint density at radius 2 is 1.76 bits per heavy atom. The minimum atomic E-state index is -5.19. The molecule has 0 aromatic rings. The fourth-order valence-electron chi connectivity index (χ4n) is 1.72. The van der Waals surface area contributed by atoms with Gasteiger partial charge in [0.15, 0.2) is 0 Å². The number of hydrogen-bond acceptors (Lipinski definition) is 4. The van der Waals surface area contributed by atoms with Crippen LogP contribution in [0.4, 0.5) is 13.2 Å². The number of quaternary nitrogens is 1. The van der Waals surface area contributed by atoms with Gasteiger partial charge in [-0.05, 0) is 12.8 Å². The molecule has 0 amide bonds. The Bertz CT molecular complexity index is 308. The maximum absolute atomic E-state index is 11.1. The Labute approximate surface area is 122 Å². The summed E-state index contributed by atoms with van der Waals surface area (Å²) in [6, 6.07) is 0.204. The van der Waals surface area contributed by atoms with Crippen molar-refractivity contribution in [3.05, 3.63) is 0 Å². The summed E-state index contributed by atoms with van der Waals surface area (Å²) in [5, 5.41) is 8.78. The van der Waals surface area contributed by atoms with Crippen LogP contribution in [0.15, 0.2) is 0 Å². The average Bonchev–Trinajstić information content (AvgIpc) is 2.28. The summed E-state index contributed by atoms with van der Waals surface area (Å²) < 4.78 is 36.4. The van der Waals surface area contributed by atoms with E-state index < -0.39 is 12.1 Å². The Morgan fingerprint density at radius 1 is 1.29 bits per heavy atom. The standard InChI is InChI=1S/C11H23NO2.C2HF3O2/c1-4-6-9(3)7-10(12)8-11(13)14-5-2;3-2(4,5)1(6)7/h9-10H,4-8,12H2,1-3H3;(H,6,7)/t9-,10+;/m1./s1. The number of carbonyl (C=O) groups excluding carboxylic acids is 2. The fraction of sp³-hybridized carbons (Fsp3) is 0.846. The highest BCUT2D eigenvalue weighted by Gasteiger charge is 2.28. The molecule has 0 spiro atoms. The zero-order valence-corrected chi connectivity index (χ0v) is 12.7. The quantitative estimate of drug-likeness (QED) is 0.699. The van der Waals surface area contributed by atoms with E-state index in [4.69, 9.17) is 14.6 Å². The molecule has 0 fully saturated rings. The van der Waals surface area contributed by atoms with Gasteiger partial charge in [-0.15, -0.1) is 0 Å². The van der Waals surface area contributed by atoms with E-state index in [0.717, 1.165) is 6.42 Å². The second-order valence-electron chi connectivity index (χ2n) is 4.79. The van der Waals surface area contributed by atoms with Crippen LogP contribution in [-0.2, 0) is 14.3 Å². The zero-order chi connectivity index (χ0) is 17.1. The second-order valence-corrected chi connectivity index (χ2v) is 4.79. The highest BCUT2D eigenvalue weighted by molar-refractivity contribution is 5.70. The van der Waals surface area contributed by atoms with Gasteiger partial charge in [0, 0.05) is 6.42 Å². The van der Waals surface area contributed by atoms with Gasteiger partial charge in [0.2, 0.25) is 0 Å². The summed E-state index contributed by atoms with van der Waals surface area (Å²) >= 11 is 0. The number of carboxylic acid groups (broad SMARTS) is 1. The molecule has 0 saturated heterocycles. The molecule has 2 atom stereocenters. The lowest BCUT2D eigenvalue weighted by molar-refractivity contribution is -0.422. The predicted octanol–water partition coefficient (Wildman–Crippen LogP) is 0.675. The van der Waals surface area contributed by atoms with Crippen LogP contribution in [0, 0.1) is 5.92 Å². The lowest BCUT2D eigenvalue weighted by Crippen LogP contribution is -2.62. The first kappa shape index (κ1) is 22.0. The van der Waals surface area contributed by atoms with Crippen LogP contribution in [0.5, 0.6) is 0 Å². The van der Waals surface area contributed by atoms with Crippen molar-refractivity contribution in [3.63, 3.8) is 0 Å². The molecule has 8 heteroatoms. The molecule has 0 aliphatic rings. The molecule has 0 aromatic heterocycles. The van der Waals surface area contributed by atoms with Crippen molar-refractivity contribution in [1.82, 2.24) is 0 Å². The van der Waals surface area contributed by atoms with Gasteiger partial charge in [0.1, 0.15) is 5.97 Å². The van der Waals surface area contributed by atoms with E-state index in [-0.39, 0.29) is 12.0 Å². The van der Waals surface area contributed by atoms with Crippen molar-refractivity contribution in [1.29, 1.82) is 0 Å². The summed E-state index contributed by atoms with van der Waals surface area (Å²) in [6.45, 7) is 6.69. The Hall–Kier alpha value is -1.31. The number of carbonyl (C=O) groups is 2. The topological polar surface area (TPSA) is 94.1 Å². The minimum absolute atomic E-state index is 0.115. The molecule has 5 nitrogen and oxygen atoms in total. The molecule has 3 N–H and O–H groups in total. The van der Waals surface area contributed by atoms with E-state index in [2.05, 4.69) is 19.6 Å². The first-order valence-electron chi connectivity index (χ1n) is 6.81. The van der Waals surface area contributed by atoms with Crippen molar-refractivity contribution in [2.24, 2.45) is 5.92 Å². The minimum Gasteiger partial charge on any atom is -0.542 e. The summed E-state index contributed by atoms with van der Waals surface area (Å²) in [4.78, 5) is 19.9. The Kier molecular flexibility index (Phi) is 11.9. The third kappa shape index (κ3) is 14.9. The van der Waals surface area contributed by atoms with E-state index in [9.17, 15) is 18.0 Å². The number of esters is 1. The summed E-state index contributed by atoms with van der Waals surface area (Å²) in [5.41, 5.74) is 3.98. The van der Waals surface area contributed by atoms with Gasteiger partial charge in [-0.1, -0.05) is 26.7 Å². The monoisotopic (exact) mass is 315 g/mol. The van der Waals surface area contributed by atoms with E-state index in [1.165, 1.54) is 12.8 Å². The smallest absolute Gasteiger partial charge is 0.430 e. The molecule has 0 aliphatic heterocycles. The first-order chi connectivity index (χ1) is 9.54. The molecule has 0 rings (SSSR count). The number of carboxylic acids is 1. The van der Waals surface area contributed by atoms with Crippen LogP contribution in [0.3, 0.4) is 0 Å². The molecule has 0 aliphatic carbocycles. The van der Waals surface area contributed by atoms with Gasteiger partial charge in [0.25, 0.3) is 0 Å². The van der Waals surface area contributed by atoms with Gasteiger partial charge >= 0.3 is 12.1 Å². The number of halogens is 3. The molecule has 21 heavy (non-hydrogen) atoms. The molecule has 0 radical (unpaired) electrons. The van der Waals surface area contributed by atoms with Crippen molar-refractivity contribution >= 4 is 11.9 Å². The van der Waals surface area contributed by atoms with Gasteiger partial charge in [-0.2, -0.15) is 13.2 Å². The number of aliphatic carboxylic acids is 1. The van der Waals surface area contributed by atoms with E-state index in [1.54, 1.807) is 0 Å². The largest absolute Gasteiger partial charge is 0.542 e. The van der Waals surface area contributed by atoms with Crippen molar-refractivity contribution in [2.45, 2.75) is 58.7 Å². The lowest BCUT2D eigenvalue weighted by Gasteiger charge is -2.13. The van der Waals surface area contributed by atoms with Crippen molar-refractivity contribution < 1.29 is 38.3 Å². The highest BCUT2D eigenvalue weighted by atomic mass is 19.4. The number of hydrogen-bond donors (Lipinski definition) is 1. The van der Waals surface area contributed by atoms with Gasteiger partial charge in [0.05, 0.1) is 19.1 Å². The third-order valence-corrected chi connectivity index (χ3v) is 2.51. The number of rotatable bonds is 7. The Balaban J connectivity index is 0. The van der Waals surface area contributed by atoms with E-state index in [1.807, 2.05) is 6.92 Å². The normalized spacial score (nSPS) is 13.7. The van der Waals surface area contributed by atoms with Crippen molar-refractivity contribution in [3.8, 4) is 0 Å². The molecule has 0 bridgehead atoms. The molecule has 0 unspecified atom stereocenters. The molecule has 0 saturated carbocycles. The molecule has 0 heterocycles. The van der Waals surface area contributed by atoms with E-state index in [0.29, 0.717) is 18.9 Å².